The second-order valence-electron chi connectivity index (χ2n) is 6.50. The van der Waals surface area contributed by atoms with Crippen LogP contribution in [0.15, 0.2) is 48.5 Å². The van der Waals surface area contributed by atoms with Crippen LogP contribution >= 0.6 is 11.8 Å². The Morgan fingerprint density at radius 1 is 1.14 bits per heavy atom. The highest BCUT2D eigenvalue weighted by molar-refractivity contribution is 7.98. The topological polar surface area (TPSA) is 46.9 Å². The first-order valence-electron chi connectivity index (χ1n) is 8.58. The number of rotatable bonds is 3. The third kappa shape index (κ3) is 3.40. The summed E-state index contributed by atoms with van der Waals surface area (Å²) in [5.41, 5.74) is 2.69. The summed E-state index contributed by atoms with van der Waals surface area (Å²) in [5.74, 6) is 1.34. The van der Waals surface area contributed by atoms with Crippen LogP contribution in [0.1, 0.15) is 32.7 Å². The number of hydrogen-bond donors (Lipinski definition) is 1. The number of alkyl halides is 3. The van der Waals surface area contributed by atoms with Crippen molar-refractivity contribution >= 4 is 23.5 Å². The molecule has 1 aliphatic heterocycles. The monoisotopic (exact) mass is 403 g/mol. The maximum absolute atomic E-state index is 13.0. The number of carbonyl (C=O) groups is 1. The summed E-state index contributed by atoms with van der Waals surface area (Å²) in [5, 5.41) is 7.42. The van der Waals surface area contributed by atoms with Gasteiger partial charge in [0.2, 0.25) is 0 Å². The summed E-state index contributed by atoms with van der Waals surface area (Å²) in [7, 11) is 0. The minimum Gasteiger partial charge on any atom is -0.306 e. The van der Waals surface area contributed by atoms with Crippen LogP contribution in [0.5, 0.6) is 0 Å². The molecule has 0 saturated heterocycles. The van der Waals surface area contributed by atoms with Gasteiger partial charge in [-0.15, -0.1) is 0 Å². The molecule has 1 amide bonds. The predicted octanol–water partition coefficient (Wildman–Crippen LogP) is 5.20. The second kappa shape index (κ2) is 7.01. The van der Waals surface area contributed by atoms with Gasteiger partial charge in [-0.05, 0) is 36.8 Å². The maximum atomic E-state index is 13.0. The Morgan fingerprint density at radius 3 is 2.68 bits per heavy atom. The van der Waals surface area contributed by atoms with Crippen LogP contribution in [0.25, 0.3) is 5.69 Å². The number of carbonyl (C=O) groups excluding carboxylic acids is 1. The van der Waals surface area contributed by atoms with E-state index < -0.39 is 17.6 Å². The lowest BCUT2D eigenvalue weighted by Crippen LogP contribution is -2.17. The standard InChI is InChI=1S/C20H16F3N3OS/c1-12-5-2-3-8-17(12)26-18(15-10-28-11-16(15)25-26)24-19(27)13-6-4-7-14(9-13)20(21,22)23/h2-9H,10-11H2,1H3,(H,24,27). The van der Waals surface area contributed by atoms with Gasteiger partial charge < -0.3 is 5.32 Å². The maximum Gasteiger partial charge on any atom is 0.416 e. The third-order valence-corrected chi connectivity index (χ3v) is 5.55. The Bertz CT molecular complexity index is 1060. The van der Waals surface area contributed by atoms with Gasteiger partial charge in [-0.3, -0.25) is 4.79 Å². The molecule has 1 aromatic heterocycles. The number of anilines is 1. The van der Waals surface area contributed by atoms with Crippen molar-refractivity contribution in [2.75, 3.05) is 5.32 Å². The minimum absolute atomic E-state index is 0.0493. The lowest BCUT2D eigenvalue weighted by atomic mass is 10.1. The number of aryl methyl sites for hydroxylation is 1. The van der Waals surface area contributed by atoms with Crippen LogP contribution in [0.2, 0.25) is 0 Å². The van der Waals surface area contributed by atoms with Crippen molar-refractivity contribution in [1.82, 2.24) is 9.78 Å². The van der Waals surface area contributed by atoms with Crippen LogP contribution in [0, 0.1) is 6.92 Å². The zero-order chi connectivity index (χ0) is 19.9. The fourth-order valence-electron chi connectivity index (χ4n) is 3.13. The van der Waals surface area contributed by atoms with Crippen molar-refractivity contribution < 1.29 is 18.0 Å². The lowest BCUT2D eigenvalue weighted by molar-refractivity contribution is -0.137. The van der Waals surface area contributed by atoms with E-state index in [0.717, 1.165) is 40.4 Å². The van der Waals surface area contributed by atoms with E-state index in [4.69, 9.17) is 0 Å². The van der Waals surface area contributed by atoms with E-state index in [1.54, 1.807) is 16.4 Å². The van der Waals surface area contributed by atoms with E-state index in [-0.39, 0.29) is 5.56 Å². The van der Waals surface area contributed by atoms with E-state index in [9.17, 15) is 18.0 Å². The van der Waals surface area contributed by atoms with Gasteiger partial charge >= 0.3 is 6.18 Å². The van der Waals surface area contributed by atoms with Crippen molar-refractivity contribution in [1.29, 1.82) is 0 Å². The first-order chi connectivity index (χ1) is 13.3. The molecule has 28 heavy (non-hydrogen) atoms. The fraction of sp³-hybridized carbons (Fsp3) is 0.200. The lowest BCUT2D eigenvalue weighted by Gasteiger charge is -2.13. The number of nitrogens with zero attached hydrogens (tertiary/aromatic N) is 2. The van der Waals surface area contributed by atoms with Crippen LogP contribution < -0.4 is 5.32 Å². The molecule has 0 bridgehead atoms. The first kappa shape index (κ1) is 18.6. The molecule has 8 heteroatoms. The van der Waals surface area contributed by atoms with Gasteiger partial charge in [-0.2, -0.15) is 30.0 Å². The molecule has 0 fully saturated rings. The minimum atomic E-state index is -4.50. The Balaban J connectivity index is 1.73. The Hall–Kier alpha value is -2.74. The molecular formula is C20H16F3N3OS. The van der Waals surface area contributed by atoms with Crippen molar-refractivity contribution in [2.45, 2.75) is 24.6 Å². The van der Waals surface area contributed by atoms with Crippen LogP contribution in [-0.4, -0.2) is 15.7 Å². The first-order valence-corrected chi connectivity index (χ1v) is 9.73. The Morgan fingerprint density at radius 2 is 1.93 bits per heavy atom. The molecular weight excluding hydrogens is 387 g/mol. The van der Waals surface area contributed by atoms with Crippen molar-refractivity contribution in [3.8, 4) is 5.69 Å². The number of amides is 1. The summed E-state index contributed by atoms with van der Waals surface area (Å²) in [6, 6.07) is 12.0. The summed E-state index contributed by atoms with van der Waals surface area (Å²) in [6.45, 7) is 1.94. The predicted molar refractivity (Wildman–Crippen MR) is 103 cm³/mol. The molecule has 2 aromatic carbocycles. The van der Waals surface area contributed by atoms with Gasteiger partial charge in [0.15, 0.2) is 0 Å². The van der Waals surface area contributed by atoms with Crippen LogP contribution in [-0.2, 0) is 17.7 Å². The van der Waals surface area contributed by atoms with Crippen molar-refractivity contribution in [2.24, 2.45) is 0 Å². The molecule has 0 unspecified atom stereocenters. The van der Waals surface area contributed by atoms with Crippen LogP contribution in [0.4, 0.5) is 19.0 Å². The number of nitrogens with one attached hydrogen (secondary N) is 1. The number of thioether (sulfide) groups is 1. The Labute approximate surface area is 163 Å². The highest BCUT2D eigenvalue weighted by Gasteiger charge is 2.31. The molecule has 3 aromatic rings. The van der Waals surface area contributed by atoms with E-state index in [0.29, 0.717) is 11.6 Å². The third-order valence-electron chi connectivity index (χ3n) is 4.58. The van der Waals surface area contributed by atoms with E-state index >= 15 is 0 Å². The largest absolute Gasteiger partial charge is 0.416 e. The normalized spacial score (nSPS) is 13.4. The van der Waals surface area contributed by atoms with Crippen LogP contribution in [0.3, 0.4) is 0 Å². The second-order valence-corrected chi connectivity index (χ2v) is 7.48. The molecule has 0 aliphatic carbocycles. The smallest absolute Gasteiger partial charge is 0.306 e. The molecule has 0 spiro atoms. The van der Waals surface area contributed by atoms with Gasteiger partial charge in [-0.1, -0.05) is 24.3 Å². The summed E-state index contributed by atoms with van der Waals surface area (Å²) in [6.07, 6.45) is -4.50. The molecule has 0 saturated carbocycles. The van der Waals surface area contributed by atoms with Gasteiger partial charge in [0.1, 0.15) is 5.82 Å². The van der Waals surface area contributed by atoms with E-state index in [1.165, 1.54) is 12.1 Å². The quantitative estimate of drug-likeness (QED) is 0.654. The molecule has 144 valence electrons. The Kier molecular flexibility index (Phi) is 4.66. The van der Waals surface area contributed by atoms with Crippen molar-refractivity contribution in [3.05, 3.63) is 76.5 Å². The molecule has 2 heterocycles. The van der Waals surface area contributed by atoms with E-state index in [1.807, 2.05) is 31.2 Å². The molecule has 4 nitrogen and oxygen atoms in total. The molecule has 4 rings (SSSR count). The van der Waals surface area contributed by atoms with Gasteiger partial charge in [0.25, 0.3) is 5.91 Å². The zero-order valence-corrected chi connectivity index (χ0v) is 15.7. The zero-order valence-electron chi connectivity index (χ0n) is 14.9. The highest BCUT2D eigenvalue weighted by Crippen LogP contribution is 2.37. The van der Waals surface area contributed by atoms with E-state index in [2.05, 4.69) is 10.4 Å². The van der Waals surface area contributed by atoms with Gasteiger partial charge in [0, 0.05) is 22.6 Å². The highest BCUT2D eigenvalue weighted by atomic mass is 32.2. The fourth-order valence-corrected chi connectivity index (χ4v) is 4.17. The molecule has 0 atom stereocenters. The number of para-hydroxylation sites is 1. The average Bonchev–Trinajstić information content (AvgIpc) is 3.24. The number of aromatic nitrogens is 2. The molecule has 1 aliphatic rings. The summed E-state index contributed by atoms with van der Waals surface area (Å²) >= 11 is 1.68. The number of benzene rings is 2. The average molecular weight is 403 g/mol. The SMILES string of the molecule is Cc1ccccc1-n1nc2c(c1NC(=O)c1cccc(C(F)(F)F)c1)CSC2. The van der Waals surface area contributed by atoms with Gasteiger partial charge in [-0.25, -0.2) is 4.68 Å². The number of hydrogen-bond acceptors (Lipinski definition) is 3. The number of fused-ring (bicyclic) bond motifs is 1. The number of halogens is 3. The van der Waals surface area contributed by atoms with Gasteiger partial charge in [0.05, 0.1) is 16.9 Å². The van der Waals surface area contributed by atoms with Crippen molar-refractivity contribution in [3.63, 3.8) is 0 Å². The molecule has 0 radical (unpaired) electrons. The molecule has 1 N–H and O–H groups in total. The summed E-state index contributed by atoms with van der Waals surface area (Å²) in [4.78, 5) is 12.7. The summed E-state index contributed by atoms with van der Waals surface area (Å²) < 4.78 is 40.6.